The van der Waals surface area contributed by atoms with E-state index >= 15 is 0 Å². The molecule has 0 fully saturated rings. The highest BCUT2D eigenvalue weighted by Crippen LogP contribution is 2.28. The zero-order chi connectivity index (χ0) is 13.1. The lowest BCUT2D eigenvalue weighted by Gasteiger charge is -2.12. The Morgan fingerprint density at radius 3 is 2.44 bits per heavy atom. The van der Waals surface area contributed by atoms with E-state index in [1.165, 1.54) is 12.1 Å². The van der Waals surface area contributed by atoms with Gasteiger partial charge < -0.3 is 10.5 Å². The third-order valence-corrected chi connectivity index (χ3v) is 2.85. The number of rotatable bonds is 3. The molecule has 94 valence electrons. The normalized spacial score (nSPS) is 10.4. The Bertz CT molecular complexity index is 566. The van der Waals surface area contributed by atoms with Gasteiger partial charge in [0, 0.05) is 6.54 Å². The van der Waals surface area contributed by atoms with Crippen molar-refractivity contribution in [1.82, 2.24) is 0 Å². The second kappa shape index (κ2) is 5.19. The summed E-state index contributed by atoms with van der Waals surface area (Å²) in [7, 11) is 0. The summed E-state index contributed by atoms with van der Waals surface area (Å²) in [6.07, 6.45) is 0. The molecule has 2 N–H and O–H groups in total. The quantitative estimate of drug-likeness (QED) is 0.895. The summed E-state index contributed by atoms with van der Waals surface area (Å²) >= 11 is 0. The van der Waals surface area contributed by atoms with E-state index in [0.717, 1.165) is 22.4 Å². The number of aryl methyl sites for hydroxylation is 2. The minimum Gasteiger partial charge on any atom is -0.457 e. The van der Waals surface area contributed by atoms with Gasteiger partial charge in [0.15, 0.2) is 0 Å². The van der Waals surface area contributed by atoms with Gasteiger partial charge in [0.05, 0.1) is 0 Å². The summed E-state index contributed by atoms with van der Waals surface area (Å²) in [4.78, 5) is 0. The van der Waals surface area contributed by atoms with Crippen LogP contribution in [0.4, 0.5) is 4.39 Å². The zero-order valence-electron chi connectivity index (χ0n) is 10.5. The van der Waals surface area contributed by atoms with Gasteiger partial charge in [-0.3, -0.25) is 0 Å². The minimum atomic E-state index is -0.257. The molecule has 0 saturated carbocycles. The zero-order valence-corrected chi connectivity index (χ0v) is 10.5. The number of benzene rings is 2. The van der Waals surface area contributed by atoms with E-state index in [0.29, 0.717) is 12.3 Å². The largest absolute Gasteiger partial charge is 0.457 e. The maximum absolute atomic E-state index is 13.0. The highest BCUT2D eigenvalue weighted by Gasteiger charge is 2.06. The molecule has 0 bridgehead atoms. The van der Waals surface area contributed by atoms with Crippen molar-refractivity contribution in [1.29, 1.82) is 0 Å². The van der Waals surface area contributed by atoms with Crippen molar-refractivity contribution in [3.8, 4) is 11.5 Å². The molecule has 0 saturated heterocycles. The molecular weight excluding hydrogens is 229 g/mol. The van der Waals surface area contributed by atoms with Gasteiger partial charge in [-0.15, -0.1) is 0 Å². The fourth-order valence-corrected chi connectivity index (χ4v) is 1.73. The molecule has 0 atom stereocenters. The predicted octanol–water partition coefficient (Wildman–Crippen LogP) is 3.69. The van der Waals surface area contributed by atoms with Crippen LogP contribution in [0, 0.1) is 19.7 Å². The van der Waals surface area contributed by atoms with E-state index in [4.69, 9.17) is 10.5 Å². The summed E-state index contributed by atoms with van der Waals surface area (Å²) in [5.74, 6) is 1.16. The maximum atomic E-state index is 13.0. The topological polar surface area (TPSA) is 35.2 Å². The maximum Gasteiger partial charge on any atom is 0.130 e. The first-order valence-electron chi connectivity index (χ1n) is 5.84. The fraction of sp³-hybridized carbons (Fsp3) is 0.200. The van der Waals surface area contributed by atoms with Crippen molar-refractivity contribution in [2.75, 3.05) is 0 Å². The van der Waals surface area contributed by atoms with Crippen LogP contribution < -0.4 is 10.5 Å². The van der Waals surface area contributed by atoms with Crippen molar-refractivity contribution in [3.05, 3.63) is 58.9 Å². The monoisotopic (exact) mass is 245 g/mol. The van der Waals surface area contributed by atoms with Crippen LogP contribution in [0.2, 0.25) is 0 Å². The Labute approximate surface area is 106 Å². The molecule has 2 aromatic carbocycles. The summed E-state index contributed by atoms with van der Waals surface area (Å²) in [6, 6.07) is 10.3. The van der Waals surface area contributed by atoms with E-state index in [9.17, 15) is 4.39 Å². The van der Waals surface area contributed by atoms with Crippen molar-refractivity contribution in [2.24, 2.45) is 5.73 Å². The summed E-state index contributed by atoms with van der Waals surface area (Å²) < 4.78 is 18.8. The van der Waals surface area contributed by atoms with Crippen LogP contribution in [-0.2, 0) is 6.54 Å². The molecular formula is C15H16FNO. The Morgan fingerprint density at radius 2 is 1.78 bits per heavy atom. The van der Waals surface area contributed by atoms with Gasteiger partial charge in [-0.2, -0.15) is 0 Å². The van der Waals surface area contributed by atoms with Gasteiger partial charge in [-0.05, 0) is 54.8 Å². The van der Waals surface area contributed by atoms with Crippen molar-refractivity contribution < 1.29 is 9.13 Å². The number of hydrogen-bond donors (Lipinski definition) is 1. The molecule has 0 unspecified atom stereocenters. The van der Waals surface area contributed by atoms with Gasteiger partial charge >= 0.3 is 0 Å². The molecule has 0 amide bonds. The van der Waals surface area contributed by atoms with E-state index < -0.39 is 0 Å². The Hall–Kier alpha value is -1.87. The molecule has 0 heterocycles. The molecule has 0 aliphatic rings. The summed E-state index contributed by atoms with van der Waals surface area (Å²) in [5.41, 5.74) is 8.41. The Balaban J connectivity index is 2.33. The SMILES string of the molecule is Cc1cc(F)ccc1Oc1cc(CN)ccc1C. The predicted molar refractivity (Wildman–Crippen MR) is 70.3 cm³/mol. The van der Waals surface area contributed by atoms with Crippen LogP contribution in [0.5, 0.6) is 11.5 Å². The van der Waals surface area contributed by atoms with Crippen molar-refractivity contribution >= 4 is 0 Å². The van der Waals surface area contributed by atoms with E-state index in [1.807, 2.05) is 32.0 Å². The van der Waals surface area contributed by atoms with Gasteiger partial charge in [-0.25, -0.2) is 4.39 Å². The van der Waals surface area contributed by atoms with Crippen LogP contribution in [0.25, 0.3) is 0 Å². The van der Waals surface area contributed by atoms with Crippen molar-refractivity contribution in [2.45, 2.75) is 20.4 Å². The molecule has 2 aromatic rings. The Kier molecular flexibility index (Phi) is 3.63. The number of halogens is 1. The van der Waals surface area contributed by atoms with E-state index in [1.54, 1.807) is 6.07 Å². The lowest BCUT2D eigenvalue weighted by molar-refractivity contribution is 0.472. The molecule has 18 heavy (non-hydrogen) atoms. The van der Waals surface area contributed by atoms with E-state index in [-0.39, 0.29) is 5.82 Å². The standard InChI is InChI=1S/C15H16FNO/c1-10-3-4-12(9-17)8-15(10)18-14-6-5-13(16)7-11(14)2/h3-8H,9,17H2,1-2H3. The average Bonchev–Trinajstić information content (AvgIpc) is 2.35. The molecule has 0 aliphatic carbocycles. The number of nitrogens with two attached hydrogens (primary N) is 1. The highest BCUT2D eigenvalue weighted by molar-refractivity contribution is 5.42. The second-order valence-electron chi connectivity index (χ2n) is 4.32. The first-order valence-corrected chi connectivity index (χ1v) is 5.84. The van der Waals surface area contributed by atoms with Crippen LogP contribution in [0.15, 0.2) is 36.4 Å². The van der Waals surface area contributed by atoms with Crippen LogP contribution >= 0.6 is 0 Å². The molecule has 3 heteroatoms. The van der Waals surface area contributed by atoms with Crippen LogP contribution in [0.1, 0.15) is 16.7 Å². The van der Waals surface area contributed by atoms with Crippen molar-refractivity contribution in [3.63, 3.8) is 0 Å². The van der Waals surface area contributed by atoms with Gasteiger partial charge in [0.1, 0.15) is 17.3 Å². The minimum absolute atomic E-state index is 0.257. The van der Waals surface area contributed by atoms with Crippen LogP contribution in [0.3, 0.4) is 0 Å². The smallest absolute Gasteiger partial charge is 0.130 e. The average molecular weight is 245 g/mol. The lowest BCUT2D eigenvalue weighted by atomic mass is 10.1. The summed E-state index contributed by atoms with van der Waals surface area (Å²) in [6.45, 7) is 4.26. The van der Waals surface area contributed by atoms with Gasteiger partial charge in [0.25, 0.3) is 0 Å². The van der Waals surface area contributed by atoms with Gasteiger partial charge in [-0.1, -0.05) is 12.1 Å². The molecule has 2 nitrogen and oxygen atoms in total. The molecule has 0 aromatic heterocycles. The third kappa shape index (κ3) is 2.68. The van der Waals surface area contributed by atoms with Crippen LogP contribution in [-0.4, -0.2) is 0 Å². The molecule has 2 rings (SSSR count). The number of ether oxygens (including phenoxy) is 1. The lowest BCUT2D eigenvalue weighted by Crippen LogP contribution is -1.98. The second-order valence-corrected chi connectivity index (χ2v) is 4.32. The number of hydrogen-bond acceptors (Lipinski definition) is 2. The first kappa shape index (κ1) is 12.6. The van der Waals surface area contributed by atoms with E-state index in [2.05, 4.69) is 0 Å². The summed E-state index contributed by atoms with van der Waals surface area (Å²) in [5, 5.41) is 0. The third-order valence-electron chi connectivity index (χ3n) is 2.85. The molecule has 0 spiro atoms. The first-order chi connectivity index (χ1) is 8.60. The van der Waals surface area contributed by atoms with Gasteiger partial charge in [0.2, 0.25) is 0 Å². The molecule has 0 aliphatic heterocycles. The molecule has 0 radical (unpaired) electrons. The highest BCUT2D eigenvalue weighted by atomic mass is 19.1. The fourth-order valence-electron chi connectivity index (χ4n) is 1.73. The Morgan fingerprint density at radius 1 is 1.00 bits per heavy atom.